The third-order valence-electron chi connectivity index (χ3n) is 5.40. The lowest BCUT2D eigenvalue weighted by atomic mass is 9.88. The predicted molar refractivity (Wildman–Crippen MR) is 100 cm³/mol. The van der Waals surface area contributed by atoms with E-state index in [1.807, 2.05) is 0 Å². The molecule has 1 aliphatic carbocycles. The monoisotopic (exact) mass is 364 g/mol. The molecule has 2 aliphatic rings. The molecule has 2 heterocycles. The van der Waals surface area contributed by atoms with Gasteiger partial charge in [-0.1, -0.05) is 13.8 Å². The van der Waals surface area contributed by atoms with E-state index in [2.05, 4.69) is 24.1 Å². The molecule has 0 bridgehead atoms. The Morgan fingerprint density at radius 1 is 1.20 bits per heavy atom. The Morgan fingerprint density at radius 3 is 2.60 bits per heavy atom. The molecule has 0 aromatic carbocycles. The fraction of sp³-hybridized carbons (Fsp3) is 0.684. The molecule has 1 atom stereocenters. The molecule has 1 aliphatic heterocycles. The van der Waals surface area contributed by atoms with Crippen LogP contribution in [0.5, 0.6) is 0 Å². The smallest absolute Gasteiger partial charge is 0.341 e. The largest absolute Gasteiger partial charge is 0.465 e. The molecule has 6 heteroatoms. The number of hydrogen-bond donors (Lipinski definition) is 1. The summed E-state index contributed by atoms with van der Waals surface area (Å²) in [6.07, 6.45) is 5.23. The van der Waals surface area contributed by atoms with Crippen LogP contribution in [-0.4, -0.2) is 43.5 Å². The Hall–Kier alpha value is -1.40. The van der Waals surface area contributed by atoms with E-state index in [1.54, 1.807) is 11.3 Å². The lowest BCUT2D eigenvalue weighted by Crippen LogP contribution is -2.38. The lowest BCUT2D eigenvalue weighted by molar-refractivity contribution is -0.117. The van der Waals surface area contributed by atoms with Gasteiger partial charge in [-0.05, 0) is 62.6 Å². The zero-order valence-corrected chi connectivity index (χ0v) is 16.2. The topological polar surface area (TPSA) is 58.6 Å². The van der Waals surface area contributed by atoms with Crippen molar-refractivity contribution in [2.75, 3.05) is 32.1 Å². The third kappa shape index (κ3) is 4.23. The minimum absolute atomic E-state index is 0.0358. The first-order valence-electron chi connectivity index (χ1n) is 9.23. The first kappa shape index (κ1) is 18.4. The second kappa shape index (κ2) is 7.87. The van der Waals surface area contributed by atoms with Gasteiger partial charge in [-0.2, -0.15) is 0 Å². The molecule has 0 saturated carbocycles. The number of thiophene rings is 1. The van der Waals surface area contributed by atoms with Crippen LogP contribution < -0.4 is 5.32 Å². The summed E-state index contributed by atoms with van der Waals surface area (Å²) in [7, 11) is 1.40. The second-order valence-electron chi connectivity index (χ2n) is 7.55. The number of nitrogens with zero attached hydrogens (tertiary/aromatic N) is 1. The van der Waals surface area contributed by atoms with Crippen molar-refractivity contribution in [1.29, 1.82) is 0 Å². The van der Waals surface area contributed by atoms with E-state index in [1.165, 1.54) is 12.0 Å². The predicted octanol–water partition coefficient (Wildman–Crippen LogP) is 3.33. The van der Waals surface area contributed by atoms with Crippen molar-refractivity contribution in [2.24, 2.45) is 11.8 Å². The van der Waals surface area contributed by atoms with Crippen LogP contribution in [-0.2, 0) is 22.4 Å². The summed E-state index contributed by atoms with van der Waals surface area (Å²) in [5.41, 5.74) is 1.66. The van der Waals surface area contributed by atoms with Crippen LogP contribution in [0.1, 0.15) is 53.9 Å². The number of nitrogens with one attached hydrogen (secondary N) is 1. The highest BCUT2D eigenvalue weighted by molar-refractivity contribution is 7.17. The maximum absolute atomic E-state index is 12.5. The van der Waals surface area contributed by atoms with Gasteiger partial charge in [0.1, 0.15) is 5.00 Å². The summed E-state index contributed by atoms with van der Waals surface area (Å²) in [5, 5.41) is 3.66. The molecule has 25 heavy (non-hydrogen) atoms. The van der Waals surface area contributed by atoms with Crippen LogP contribution in [0.15, 0.2) is 0 Å². The molecular formula is C19H28N2O3S. The van der Waals surface area contributed by atoms with Gasteiger partial charge < -0.3 is 10.1 Å². The van der Waals surface area contributed by atoms with E-state index >= 15 is 0 Å². The molecule has 3 rings (SSSR count). The molecule has 1 saturated heterocycles. The standard InChI is InChI=1S/C19H28N2O3S/c1-12-6-8-21(9-7-12)11-16(22)20-18-17(19(23)24-3)14-5-4-13(2)10-15(14)25-18/h12-13H,4-11H2,1-3H3,(H,20,22)/t13-/m1/s1. The molecule has 138 valence electrons. The Morgan fingerprint density at radius 2 is 1.92 bits per heavy atom. The molecule has 5 nitrogen and oxygen atoms in total. The third-order valence-corrected chi connectivity index (χ3v) is 6.57. The van der Waals surface area contributed by atoms with E-state index in [4.69, 9.17) is 4.74 Å². The van der Waals surface area contributed by atoms with Gasteiger partial charge in [0.2, 0.25) is 5.91 Å². The number of piperidine rings is 1. The highest BCUT2D eigenvalue weighted by atomic mass is 32.1. The van der Waals surface area contributed by atoms with Crippen LogP contribution >= 0.6 is 11.3 Å². The Bertz CT molecular complexity index is 647. The Kier molecular flexibility index (Phi) is 5.79. The average Bonchev–Trinajstić information content (AvgIpc) is 2.92. The fourth-order valence-corrected chi connectivity index (χ4v) is 5.16. The number of methoxy groups -OCH3 is 1. The molecule has 0 radical (unpaired) electrons. The van der Waals surface area contributed by atoms with E-state index in [0.717, 1.165) is 56.7 Å². The summed E-state index contributed by atoms with van der Waals surface area (Å²) >= 11 is 1.55. The number of esters is 1. The lowest BCUT2D eigenvalue weighted by Gasteiger charge is -2.29. The number of hydrogen-bond acceptors (Lipinski definition) is 5. The normalized spacial score (nSPS) is 21.6. The fourth-order valence-electron chi connectivity index (χ4n) is 3.75. The molecule has 0 unspecified atom stereocenters. The first-order valence-corrected chi connectivity index (χ1v) is 10.0. The quantitative estimate of drug-likeness (QED) is 0.833. The van der Waals surface area contributed by atoms with Gasteiger partial charge in [0.05, 0.1) is 19.2 Å². The highest BCUT2D eigenvalue weighted by Gasteiger charge is 2.29. The van der Waals surface area contributed by atoms with Crippen LogP contribution in [0.2, 0.25) is 0 Å². The van der Waals surface area contributed by atoms with E-state index < -0.39 is 0 Å². The van der Waals surface area contributed by atoms with Crippen molar-refractivity contribution in [3.05, 3.63) is 16.0 Å². The molecule has 1 aromatic rings. The molecule has 0 spiro atoms. The highest BCUT2D eigenvalue weighted by Crippen LogP contribution is 2.40. The van der Waals surface area contributed by atoms with E-state index in [9.17, 15) is 9.59 Å². The maximum atomic E-state index is 12.5. The molecular weight excluding hydrogens is 336 g/mol. The minimum Gasteiger partial charge on any atom is -0.465 e. The summed E-state index contributed by atoms with van der Waals surface area (Å²) in [4.78, 5) is 28.2. The Balaban J connectivity index is 1.73. The van der Waals surface area contributed by atoms with Crippen LogP contribution in [0.4, 0.5) is 5.00 Å². The van der Waals surface area contributed by atoms with Crippen molar-refractivity contribution in [2.45, 2.75) is 46.0 Å². The van der Waals surface area contributed by atoms with Gasteiger partial charge in [0, 0.05) is 4.88 Å². The van der Waals surface area contributed by atoms with Gasteiger partial charge in [-0.25, -0.2) is 4.79 Å². The van der Waals surface area contributed by atoms with E-state index in [0.29, 0.717) is 23.0 Å². The number of anilines is 1. The summed E-state index contributed by atoms with van der Waals surface area (Å²) in [5.74, 6) is 0.993. The number of fused-ring (bicyclic) bond motifs is 1. The number of carbonyl (C=O) groups is 2. The summed E-state index contributed by atoms with van der Waals surface area (Å²) in [6, 6.07) is 0. The number of rotatable bonds is 4. The van der Waals surface area contributed by atoms with Crippen molar-refractivity contribution in [3.8, 4) is 0 Å². The Labute approximate surface area is 153 Å². The molecule has 1 N–H and O–H groups in total. The zero-order chi connectivity index (χ0) is 18.0. The van der Waals surface area contributed by atoms with Gasteiger partial charge in [0.15, 0.2) is 0 Å². The van der Waals surface area contributed by atoms with Crippen LogP contribution in [0.25, 0.3) is 0 Å². The number of likely N-dealkylation sites (tertiary alicyclic amines) is 1. The average molecular weight is 365 g/mol. The maximum Gasteiger partial charge on any atom is 0.341 e. The van der Waals surface area contributed by atoms with Crippen molar-refractivity contribution in [3.63, 3.8) is 0 Å². The SMILES string of the molecule is COC(=O)c1c(NC(=O)CN2CCC(C)CC2)sc2c1CC[C@@H](C)C2. The van der Waals surface area contributed by atoms with Gasteiger partial charge >= 0.3 is 5.97 Å². The first-order chi connectivity index (χ1) is 12.0. The zero-order valence-electron chi connectivity index (χ0n) is 15.4. The van der Waals surface area contributed by atoms with Gasteiger partial charge in [0.25, 0.3) is 0 Å². The van der Waals surface area contributed by atoms with Crippen LogP contribution in [0, 0.1) is 11.8 Å². The van der Waals surface area contributed by atoms with Crippen LogP contribution in [0.3, 0.4) is 0 Å². The van der Waals surface area contributed by atoms with Crippen molar-refractivity contribution >= 4 is 28.2 Å². The summed E-state index contributed by atoms with van der Waals surface area (Å²) in [6.45, 7) is 6.83. The summed E-state index contributed by atoms with van der Waals surface area (Å²) < 4.78 is 4.98. The van der Waals surface area contributed by atoms with Gasteiger partial charge in [-0.3, -0.25) is 9.69 Å². The molecule has 1 amide bonds. The second-order valence-corrected chi connectivity index (χ2v) is 8.66. The number of ether oxygens (including phenoxy) is 1. The molecule has 1 fully saturated rings. The van der Waals surface area contributed by atoms with Gasteiger partial charge in [-0.15, -0.1) is 11.3 Å². The number of amides is 1. The van der Waals surface area contributed by atoms with Crippen molar-refractivity contribution in [1.82, 2.24) is 4.90 Å². The van der Waals surface area contributed by atoms with Crippen molar-refractivity contribution < 1.29 is 14.3 Å². The number of carbonyl (C=O) groups excluding carboxylic acids is 2. The minimum atomic E-state index is -0.339. The molecule has 1 aromatic heterocycles. The van der Waals surface area contributed by atoms with E-state index in [-0.39, 0.29) is 11.9 Å².